The third-order valence-corrected chi connectivity index (χ3v) is 3.99. The van der Waals surface area contributed by atoms with Crippen molar-refractivity contribution in [2.75, 3.05) is 11.8 Å². The third-order valence-electron chi connectivity index (χ3n) is 2.39. The van der Waals surface area contributed by atoms with Crippen LogP contribution in [0.5, 0.6) is 5.75 Å². The van der Waals surface area contributed by atoms with Gasteiger partial charge in [0.15, 0.2) is 5.03 Å². The molecule has 0 amide bonds. The molecule has 0 bridgehead atoms. The molecule has 0 saturated carbocycles. The van der Waals surface area contributed by atoms with E-state index < -0.39 is 10.0 Å². The summed E-state index contributed by atoms with van der Waals surface area (Å²) in [6.45, 7) is 1.66. The maximum absolute atomic E-state index is 12.1. The Labute approximate surface area is 115 Å². The van der Waals surface area contributed by atoms with Crippen LogP contribution in [0.15, 0.2) is 29.4 Å². The fourth-order valence-corrected chi connectivity index (χ4v) is 2.71. The van der Waals surface area contributed by atoms with Gasteiger partial charge in [0.05, 0.1) is 24.0 Å². The molecule has 1 aromatic carbocycles. The molecule has 8 heteroatoms. The standard InChI is InChI=1S/C11H12ClN3O3S/c1-7-13-6-11(14-7)19(16,17)15-10-5-8(18-2)3-4-9(10)12/h3-6,15H,1-2H3,(H,13,14). The van der Waals surface area contributed by atoms with Crippen LogP contribution in [-0.2, 0) is 10.0 Å². The Morgan fingerprint density at radius 3 is 2.74 bits per heavy atom. The van der Waals surface area contributed by atoms with Gasteiger partial charge in [-0.05, 0) is 19.1 Å². The van der Waals surface area contributed by atoms with Gasteiger partial charge in [-0.25, -0.2) is 4.98 Å². The molecule has 2 aromatic rings. The van der Waals surface area contributed by atoms with E-state index in [1.807, 2.05) is 0 Å². The molecule has 0 aliphatic rings. The molecule has 0 spiro atoms. The fourth-order valence-electron chi connectivity index (χ4n) is 1.44. The molecular formula is C11H12ClN3O3S. The summed E-state index contributed by atoms with van der Waals surface area (Å²) >= 11 is 5.94. The molecule has 1 aromatic heterocycles. The molecule has 0 aliphatic heterocycles. The van der Waals surface area contributed by atoms with Crippen LogP contribution in [0.2, 0.25) is 5.02 Å². The number of sulfonamides is 1. The molecule has 0 atom stereocenters. The van der Waals surface area contributed by atoms with Crippen molar-refractivity contribution in [1.29, 1.82) is 0 Å². The number of aryl methyl sites for hydroxylation is 1. The number of rotatable bonds is 4. The highest BCUT2D eigenvalue weighted by Crippen LogP contribution is 2.28. The lowest BCUT2D eigenvalue weighted by molar-refractivity contribution is 0.415. The van der Waals surface area contributed by atoms with Crippen LogP contribution in [-0.4, -0.2) is 25.5 Å². The molecule has 0 fully saturated rings. The number of H-pyrrole nitrogens is 1. The molecule has 0 unspecified atom stereocenters. The molecule has 2 rings (SSSR count). The number of nitrogens with one attached hydrogen (secondary N) is 2. The number of benzene rings is 1. The number of imidazole rings is 1. The van der Waals surface area contributed by atoms with Crippen molar-refractivity contribution in [3.63, 3.8) is 0 Å². The summed E-state index contributed by atoms with van der Waals surface area (Å²) in [4.78, 5) is 6.50. The quantitative estimate of drug-likeness (QED) is 0.906. The van der Waals surface area contributed by atoms with Gasteiger partial charge >= 0.3 is 0 Å². The summed E-state index contributed by atoms with van der Waals surface area (Å²) < 4.78 is 31.6. The molecule has 1 heterocycles. The highest BCUT2D eigenvalue weighted by molar-refractivity contribution is 7.92. The lowest BCUT2D eigenvalue weighted by Gasteiger charge is -2.09. The Morgan fingerprint density at radius 2 is 2.16 bits per heavy atom. The monoisotopic (exact) mass is 301 g/mol. The highest BCUT2D eigenvalue weighted by Gasteiger charge is 2.18. The maximum atomic E-state index is 12.1. The van der Waals surface area contributed by atoms with Gasteiger partial charge in [-0.15, -0.1) is 0 Å². The van der Waals surface area contributed by atoms with Crippen LogP contribution < -0.4 is 9.46 Å². The van der Waals surface area contributed by atoms with Crippen LogP contribution >= 0.6 is 11.6 Å². The van der Waals surface area contributed by atoms with E-state index in [0.717, 1.165) is 0 Å². The topological polar surface area (TPSA) is 84.1 Å². The number of hydrogen-bond donors (Lipinski definition) is 2. The van der Waals surface area contributed by atoms with E-state index in [1.54, 1.807) is 19.1 Å². The average molecular weight is 302 g/mol. The Kier molecular flexibility index (Phi) is 3.68. The van der Waals surface area contributed by atoms with Gasteiger partial charge in [-0.2, -0.15) is 8.42 Å². The van der Waals surface area contributed by atoms with Crippen molar-refractivity contribution in [1.82, 2.24) is 9.97 Å². The zero-order valence-corrected chi connectivity index (χ0v) is 11.8. The lowest BCUT2D eigenvalue weighted by atomic mass is 10.3. The molecule has 19 heavy (non-hydrogen) atoms. The van der Waals surface area contributed by atoms with Crippen molar-refractivity contribution in [3.8, 4) is 5.75 Å². The first-order chi connectivity index (χ1) is 8.92. The van der Waals surface area contributed by atoms with Crippen LogP contribution in [0.4, 0.5) is 5.69 Å². The molecule has 102 valence electrons. The molecule has 0 radical (unpaired) electrons. The summed E-state index contributed by atoms with van der Waals surface area (Å²) in [6.07, 6.45) is 1.24. The number of hydrogen-bond acceptors (Lipinski definition) is 4. The fraction of sp³-hybridized carbons (Fsp3) is 0.182. The number of nitrogens with zero attached hydrogens (tertiary/aromatic N) is 1. The minimum Gasteiger partial charge on any atom is -0.497 e. The van der Waals surface area contributed by atoms with Gasteiger partial charge in [0.1, 0.15) is 11.6 Å². The first-order valence-corrected chi connectivity index (χ1v) is 7.16. The predicted molar refractivity (Wildman–Crippen MR) is 72.1 cm³/mol. The summed E-state index contributed by atoms with van der Waals surface area (Å²) in [5, 5.41) is 0.254. The van der Waals surface area contributed by atoms with Gasteiger partial charge in [0.2, 0.25) is 0 Å². The van der Waals surface area contributed by atoms with Crippen LogP contribution in [0.3, 0.4) is 0 Å². The second-order valence-corrected chi connectivity index (χ2v) is 5.84. The average Bonchev–Trinajstić information content (AvgIpc) is 2.79. The van der Waals surface area contributed by atoms with Gasteiger partial charge in [0.25, 0.3) is 10.0 Å². The summed E-state index contributed by atoms with van der Waals surface area (Å²) in [5.41, 5.74) is 0.244. The first-order valence-electron chi connectivity index (χ1n) is 5.30. The van der Waals surface area contributed by atoms with Crippen molar-refractivity contribution in [3.05, 3.63) is 35.2 Å². The molecule has 0 saturated heterocycles. The SMILES string of the molecule is COc1ccc(Cl)c(NS(=O)(=O)c2cnc(C)[nH]2)c1. The van der Waals surface area contributed by atoms with E-state index in [0.29, 0.717) is 11.6 Å². The van der Waals surface area contributed by atoms with Gasteiger partial charge < -0.3 is 9.72 Å². The Hall–Kier alpha value is -1.73. The summed E-state index contributed by atoms with van der Waals surface area (Å²) in [5.74, 6) is 1.01. The molecule has 6 nitrogen and oxygen atoms in total. The van der Waals surface area contributed by atoms with Crippen molar-refractivity contribution < 1.29 is 13.2 Å². The van der Waals surface area contributed by atoms with E-state index in [2.05, 4.69) is 14.7 Å². The van der Waals surface area contributed by atoms with E-state index in [4.69, 9.17) is 16.3 Å². The zero-order chi connectivity index (χ0) is 14.0. The van der Waals surface area contributed by atoms with E-state index in [1.165, 1.54) is 19.4 Å². The number of aromatic nitrogens is 2. The second kappa shape index (κ2) is 5.10. The Bertz CT molecular complexity index is 697. The highest BCUT2D eigenvalue weighted by atomic mass is 35.5. The van der Waals surface area contributed by atoms with Gasteiger partial charge in [-0.1, -0.05) is 11.6 Å². The third kappa shape index (κ3) is 2.99. The minimum absolute atomic E-state index is 0.0242. The van der Waals surface area contributed by atoms with Crippen LogP contribution in [0.1, 0.15) is 5.82 Å². The number of halogens is 1. The molecule has 0 aliphatic carbocycles. The van der Waals surface area contributed by atoms with E-state index >= 15 is 0 Å². The first kappa shape index (κ1) is 13.7. The number of methoxy groups -OCH3 is 1. The van der Waals surface area contributed by atoms with Crippen LogP contribution in [0.25, 0.3) is 0 Å². The largest absolute Gasteiger partial charge is 0.497 e. The van der Waals surface area contributed by atoms with Crippen LogP contribution in [0, 0.1) is 6.92 Å². The Morgan fingerprint density at radius 1 is 1.42 bits per heavy atom. The number of anilines is 1. The minimum atomic E-state index is -3.75. The Balaban J connectivity index is 2.35. The van der Waals surface area contributed by atoms with E-state index in [9.17, 15) is 8.42 Å². The van der Waals surface area contributed by atoms with Crippen molar-refractivity contribution in [2.24, 2.45) is 0 Å². The smallest absolute Gasteiger partial charge is 0.279 e. The van der Waals surface area contributed by atoms with Crippen molar-refractivity contribution in [2.45, 2.75) is 11.9 Å². The summed E-state index contributed by atoms with van der Waals surface area (Å²) in [7, 11) is -2.26. The predicted octanol–water partition coefficient (Wildman–Crippen LogP) is 2.18. The van der Waals surface area contributed by atoms with Gasteiger partial charge in [0, 0.05) is 6.07 Å². The van der Waals surface area contributed by atoms with Gasteiger partial charge in [-0.3, -0.25) is 4.72 Å². The zero-order valence-electron chi connectivity index (χ0n) is 10.3. The van der Waals surface area contributed by atoms with E-state index in [-0.39, 0.29) is 15.7 Å². The maximum Gasteiger partial charge on any atom is 0.279 e. The molecule has 2 N–H and O–H groups in total. The molecular weight excluding hydrogens is 290 g/mol. The normalized spacial score (nSPS) is 11.3. The number of ether oxygens (including phenoxy) is 1. The summed E-state index contributed by atoms with van der Waals surface area (Å²) in [6, 6.07) is 4.69. The number of aromatic amines is 1. The lowest BCUT2D eigenvalue weighted by Crippen LogP contribution is -2.13. The second-order valence-electron chi connectivity index (χ2n) is 3.78. The van der Waals surface area contributed by atoms with Crippen molar-refractivity contribution >= 4 is 27.3 Å².